The third-order valence-corrected chi connectivity index (χ3v) is 6.82. The van der Waals surface area contributed by atoms with Crippen LogP contribution in [0.2, 0.25) is 5.02 Å². The van der Waals surface area contributed by atoms with Gasteiger partial charge in [0, 0.05) is 35.8 Å². The van der Waals surface area contributed by atoms with E-state index >= 15 is 0 Å². The van der Waals surface area contributed by atoms with Gasteiger partial charge in [-0.1, -0.05) is 23.7 Å². The molecule has 1 aliphatic rings. The molecule has 0 spiro atoms. The molecule has 0 radical (unpaired) electrons. The summed E-state index contributed by atoms with van der Waals surface area (Å²) in [6, 6.07) is 9.59. The Labute approximate surface area is 193 Å². The molecule has 2 heterocycles. The number of benzene rings is 1. The van der Waals surface area contributed by atoms with E-state index in [0.29, 0.717) is 27.4 Å². The van der Waals surface area contributed by atoms with E-state index < -0.39 is 5.97 Å². The second-order valence-corrected chi connectivity index (χ2v) is 9.28. The van der Waals surface area contributed by atoms with Crippen molar-refractivity contribution in [3.8, 4) is 0 Å². The molecule has 1 N–H and O–H groups in total. The zero-order valence-electron chi connectivity index (χ0n) is 17.3. The SMILES string of the molecule is Cc1cc(CC(c2ccc(Cl)cc2)c2c(C(=O)O)nc(Br)n2C2CCC2)cn(C)c1=O. The number of imidazole rings is 1. The van der Waals surface area contributed by atoms with Crippen LogP contribution in [0, 0.1) is 6.92 Å². The number of halogens is 2. The van der Waals surface area contributed by atoms with Crippen LogP contribution in [0.3, 0.4) is 0 Å². The van der Waals surface area contributed by atoms with Crippen molar-refractivity contribution in [3.05, 3.63) is 84.7 Å². The summed E-state index contributed by atoms with van der Waals surface area (Å²) in [5.41, 5.74) is 3.25. The fourth-order valence-corrected chi connectivity index (χ4v) is 5.06. The molecular weight excluding hydrogens is 482 g/mol. The van der Waals surface area contributed by atoms with Crippen LogP contribution in [0.4, 0.5) is 0 Å². The smallest absolute Gasteiger partial charge is 0.356 e. The van der Waals surface area contributed by atoms with E-state index in [0.717, 1.165) is 30.4 Å². The van der Waals surface area contributed by atoms with Crippen LogP contribution in [0.1, 0.15) is 64.1 Å². The maximum Gasteiger partial charge on any atom is 0.356 e. The molecule has 1 saturated carbocycles. The normalized spacial score (nSPS) is 15.0. The number of aromatic carboxylic acids is 1. The van der Waals surface area contributed by atoms with Crippen LogP contribution in [0.5, 0.6) is 0 Å². The predicted molar refractivity (Wildman–Crippen MR) is 123 cm³/mol. The molecular formula is C23H23BrClN3O3. The van der Waals surface area contributed by atoms with E-state index in [4.69, 9.17) is 11.6 Å². The first-order valence-corrected chi connectivity index (χ1v) is 11.4. The van der Waals surface area contributed by atoms with Gasteiger partial charge in [-0.25, -0.2) is 9.78 Å². The monoisotopic (exact) mass is 503 g/mol. The van der Waals surface area contributed by atoms with Crippen molar-refractivity contribution in [1.82, 2.24) is 14.1 Å². The van der Waals surface area contributed by atoms with Gasteiger partial charge in [0.2, 0.25) is 0 Å². The first kappa shape index (κ1) is 21.8. The number of aromatic nitrogens is 3. The third-order valence-electron chi connectivity index (χ3n) is 6.01. The summed E-state index contributed by atoms with van der Waals surface area (Å²) in [7, 11) is 1.73. The molecule has 4 rings (SSSR count). The molecule has 1 unspecified atom stereocenters. The Bertz CT molecular complexity index is 1170. The first-order chi connectivity index (χ1) is 14.8. The molecule has 8 heteroatoms. The summed E-state index contributed by atoms with van der Waals surface area (Å²) in [6.07, 6.45) is 5.45. The van der Waals surface area contributed by atoms with Crippen molar-refractivity contribution in [1.29, 1.82) is 0 Å². The molecule has 1 fully saturated rings. The number of hydrogen-bond donors (Lipinski definition) is 1. The van der Waals surface area contributed by atoms with Crippen LogP contribution < -0.4 is 5.56 Å². The number of hydrogen-bond acceptors (Lipinski definition) is 3. The number of aryl methyl sites for hydroxylation is 2. The van der Waals surface area contributed by atoms with E-state index in [1.165, 1.54) is 0 Å². The molecule has 1 aliphatic carbocycles. The average molecular weight is 505 g/mol. The zero-order valence-corrected chi connectivity index (χ0v) is 19.7. The maximum atomic E-state index is 12.2. The second-order valence-electron chi connectivity index (χ2n) is 8.13. The predicted octanol–water partition coefficient (Wildman–Crippen LogP) is 5.10. The highest BCUT2D eigenvalue weighted by Crippen LogP contribution is 2.41. The fraction of sp³-hybridized carbons (Fsp3) is 0.348. The number of carboxylic acid groups (broad SMARTS) is 1. The van der Waals surface area contributed by atoms with Crippen molar-refractivity contribution in [2.24, 2.45) is 7.05 Å². The van der Waals surface area contributed by atoms with Gasteiger partial charge in [-0.05, 0) is 77.9 Å². The van der Waals surface area contributed by atoms with E-state index in [-0.39, 0.29) is 23.2 Å². The summed E-state index contributed by atoms with van der Waals surface area (Å²) < 4.78 is 4.15. The van der Waals surface area contributed by atoms with E-state index in [1.54, 1.807) is 18.5 Å². The van der Waals surface area contributed by atoms with Crippen molar-refractivity contribution < 1.29 is 9.90 Å². The number of carboxylic acids is 1. The summed E-state index contributed by atoms with van der Waals surface area (Å²) in [4.78, 5) is 28.7. The summed E-state index contributed by atoms with van der Waals surface area (Å²) in [5.74, 6) is -1.32. The Morgan fingerprint density at radius 1 is 1.32 bits per heavy atom. The van der Waals surface area contributed by atoms with Crippen molar-refractivity contribution >= 4 is 33.5 Å². The molecule has 6 nitrogen and oxygen atoms in total. The minimum atomic E-state index is -1.05. The van der Waals surface area contributed by atoms with Crippen molar-refractivity contribution in [2.45, 2.75) is 44.6 Å². The topological polar surface area (TPSA) is 77.1 Å². The van der Waals surface area contributed by atoms with E-state index in [9.17, 15) is 14.7 Å². The summed E-state index contributed by atoms with van der Waals surface area (Å²) in [6.45, 7) is 1.79. The molecule has 1 atom stereocenters. The molecule has 31 heavy (non-hydrogen) atoms. The standard InChI is InChI=1S/C23H23BrClN3O3/c1-13-10-14(12-27(2)21(13)29)11-18(15-6-8-16(25)9-7-15)20-19(22(30)31)26-23(24)28(20)17-4-3-5-17/h6-10,12,17-18H,3-5,11H2,1-2H3,(H,30,31). The van der Waals surface area contributed by atoms with Gasteiger partial charge in [-0.3, -0.25) is 4.79 Å². The molecule has 0 saturated heterocycles. The van der Waals surface area contributed by atoms with Crippen LogP contribution >= 0.6 is 27.5 Å². The highest BCUT2D eigenvalue weighted by atomic mass is 79.9. The van der Waals surface area contributed by atoms with Gasteiger partial charge in [-0.15, -0.1) is 0 Å². The molecule has 0 amide bonds. The molecule has 2 aromatic heterocycles. The Kier molecular flexibility index (Phi) is 6.08. The minimum Gasteiger partial charge on any atom is -0.476 e. The van der Waals surface area contributed by atoms with Crippen molar-refractivity contribution in [2.75, 3.05) is 0 Å². The van der Waals surface area contributed by atoms with Crippen molar-refractivity contribution in [3.63, 3.8) is 0 Å². The van der Waals surface area contributed by atoms with Crippen LogP contribution in [0.15, 0.2) is 46.1 Å². The number of nitrogens with zero attached hydrogens (tertiary/aromatic N) is 3. The Hall–Kier alpha value is -2.38. The van der Waals surface area contributed by atoms with Gasteiger partial charge < -0.3 is 14.2 Å². The number of carbonyl (C=O) groups is 1. The zero-order chi connectivity index (χ0) is 22.3. The lowest BCUT2D eigenvalue weighted by molar-refractivity contribution is 0.0689. The fourth-order valence-electron chi connectivity index (χ4n) is 4.28. The Morgan fingerprint density at radius 3 is 2.55 bits per heavy atom. The van der Waals surface area contributed by atoms with E-state index in [2.05, 4.69) is 20.9 Å². The maximum absolute atomic E-state index is 12.2. The highest BCUT2D eigenvalue weighted by Gasteiger charge is 2.33. The van der Waals surface area contributed by atoms with Crippen LogP contribution in [-0.2, 0) is 13.5 Å². The minimum absolute atomic E-state index is 0.0414. The lowest BCUT2D eigenvalue weighted by atomic mass is 9.86. The van der Waals surface area contributed by atoms with Crippen LogP contribution in [0.25, 0.3) is 0 Å². The number of rotatable bonds is 6. The largest absolute Gasteiger partial charge is 0.476 e. The summed E-state index contributed by atoms with van der Waals surface area (Å²) in [5, 5.41) is 10.6. The molecule has 162 valence electrons. The molecule has 1 aromatic carbocycles. The molecule has 3 aromatic rings. The third kappa shape index (κ3) is 4.21. The van der Waals surface area contributed by atoms with Gasteiger partial charge in [0.05, 0.1) is 5.69 Å². The molecule has 0 aliphatic heterocycles. The first-order valence-electron chi connectivity index (χ1n) is 10.2. The van der Waals surface area contributed by atoms with Gasteiger partial charge >= 0.3 is 5.97 Å². The van der Waals surface area contributed by atoms with E-state index in [1.807, 2.05) is 41.1 Å². The van der Waals surface area contributed by atoms with Gasteiger partial charge in [0.15, 0.2) is 10.4 Å². The molecule has 0 bridgehead atoms. The van der Waals surface area contributed by atoms with Crippen LogP contribution in [-0.4, -0.2) is 25.2 Å². The quantitative estimate of drug-likeness (QED) is 0.506. The Morgan fingerprint density at radius 2 is 2.00 bits per heavy atom. The highest BCUT2D eigenvalue weighted by molar-refractivity contribution is 9.10. The average Bonchev–Trinajstić information content (AvgIpc) is 3.01. The summed E-state index contributed by atoms with van der Waals surface area (Å²) >= 11 is 9.63. The van der Waals surface area contributed by atoms with Gasteiger partial charge in [0.25, 0.3) is 5.56 Å². The lowest BCUT2D eigenvalue weighted by Crippen LogP contribution is -2.24. The number of pyridine rings is 1. The van der Waals surface area contributed by atoms with Gasteiger partial charge in [0.1, 0.15) is 0 Å². The van der Waals surface area contributed by atoms with Gasteiger partial charge in [-0.2, -0.15) is 0 Å². The Balaban J connectivity index is 1.90. The second kappa shape index (κ2) is 8.63. The lowest BCUT2D eigenvalue weighted by Gasteiger charge is -2.32.